The molecule has 10 heteroatoms. The van der Waals surface area contributed by atoms with E-state index in [2.05, 4.69) is 41.0 Å². The molecule has 0 spiro atoms. The van der Waals surface area contributed by atoms with E-state index in [-0.39, 0.29) is 35.6 Å². The summed E-state index contributed by atoms with van der Waals surface area (Å²) in [6.07, 6.45) is 7.18. The van der Waals surface area contributed by atoms with Gasteiger partial charge in [-0.15, -0.1) is 0 Å². The van der Waals surface area contributed by atoms with E-state index < -0.39 is 12.2 Å². The van der Waals surface area contributed by atoms with Crippen molar-refractivity contribution in [2.45, 2.75) is 83.1 Å². The van der Waals surface area contributed by atoms with Crippen molar-refractivity contribution in [3.05, 3.63) is 119 Å². The first-order valence-electron chi connectivity index (χ1n) is 18.3. The highest BCUT2D eigenvalue weighted by Crippen LogP contribution is 2.25. The molecule has 0 radical (unpaired) electrons. The summed E-state index contributed by atoms with van der Waals surface area (Å²) in [5.74, 6) is 0.137. The van der Waals surface area contributed by atoms with Gasteiger partial charge in [-0.3, -0.25) is 0 Å². The number of hydrogen-bond acceptors (Lipinski definition) is 10. The Morgan fingerprint density at radius 1 is 0.615 bits per heavy atom. The summed E-state index contributed by atoms with van der Waals surface area (Å²) in [6, 6.07) is 26.6. The third-order valence-electron chi connectivity index (χ3n) is 8.68. The molecule has 3 unspecified atom stereocenters. The maximum atomic E-state index is 10.2. The Labute approximate surface area is 308 Å². The topological polar surface area (TPSA) is 175 Å². The SMILES string of the molecule is CC(Cc1ccc(O)cc1)NCC(O)c1cc(O)cc(O)c1.OCc1cc(C(O)CNCCCCCCOCCCCc2ccccc2)ccc1O. The molecule has 3 atom stereocenters. The maximum Gasteiger partial charge on any atom is 0.121 e. The number of aliphatic hydroxyl groups is 3. The highest BCUT2D eigenvalue weighted by atomic mass is 16.5. The minimum atomic E-state index is -0.819. The highest BCUT2D eigenvalue weighted by Gasteiger charge is 2.13. The Hall–Kier alpha value is -4.16. The van der Waals surface area contributed by atoms with Crippen molar-refractivity contribution in [1.29, 1.82) is 0 Å². The van der Waals surface area contributed by atoms with Crippen LogP contribution in [0.5, 0.6) is 23.0 Å². The van der Waals surface area contributed by atoms with Crippen molar-refractivity contribution in [2.75, 3.05) is 32.8 Å². The van der Waals surface area contributed by atoms with E-state index in [9.17, 15) is 35.7 Å². The fourth-order valence-corrected chi connectivity index (χ4v) is 5.68. The number of aromatic hydroxyl groups is 4. The Balaban J connectivity index is 0.000000294. The maximum absolute atomic E-state index is 10.2. The van der Waals surface area contributed by atoms with Gasteiger partial charge in [0.15, 0.2) is 0 Å². The van der Waals surface area contributed by atoms with Gasteiger partial charge in [0, 0.05) is 44.0 Å². The third kappa shape index (κ3) is 16.9. The minimum absolute atomic E-state index is 0.0533. The largest absolute Gasteiger partial charge is 0.508 e. The molecule has 52 heavy (non-hydrogen) atoms. The third-order valence-corrected chi connectivity index (χ3v) is 8.68. The molecule has 0 aliphatic rings. The van der Waals surface area contributed by atoms with Gasteiger partial charge in [0.2, 0.25) is 0 Å². The van der Waals surface area contributed by atoms with Crippen molar-refractivity contribution in [3.63, 3.8) is 0 Å². The summed E-state index contributed by atoms with van der Waals surface area (Å²) < 4.78 is 5.72. The molecule has 9 N–H and O–H groups in total. The van der Waals surface area contributed by atoms with Crippen molar-refractivity contribution in [3.8, 4) is 23.0 Å². The van der Waals surface area contributed by atoms with Gasteiger partial charge in [0.25, 0.3) is 0 Å². The van der Waals surface area contributed by atoms with Crippen molar-refractivity contribution in [1.82, 2.24) is 10.6 Å². The Morgan fingerprint density at radius 3 is 1.96 bits per heavy atom. The lowest BCUT2D eigenvalue weighted by molar-refractivity contribution is 0.126. The molecule has 4 rings (SSSR count). The molecule has 0 saturated heterocycles. The number of unbranched alkanes of at least 4 members (excludes halogenated alkanes) is 4. The van der Waals surface area contributed by atoms with Gasteiger partial charge in [-0.05, 0) is 111 Å². The standard InChI is InChI=1S/C25H37NO4.C17H21NO4/c27-20-23-18-22(13-14-24(23)28)25(29)19-26-15-7-1-2-8-16-30-17-9-6-12-21-10-4-3-5-11-21;1-11(6-12-2-4-14(19)5-3-12)18-10-17(22)13-7-15(20)9-16(21)8-13/h3-5,10-11,13-14,18,25-29H,1-2,6-9,12,15-17,19-20H2;2-5,7-9,11,17-22H,6,10H2,1H3. The van der Waals surface area contributed by atoms with Crippen LogP contribution < -0.4 is 10.6 Å². The minimum Gasteiger partial charge on any atom is -0.508 e. The van der Waals surface area contributed by atoms with E-state index in [1.165, 1.54) is 36.2 Å². The number of aliphatic hydroxyl groups excluding tert-OH is 3. The second kappa shape index (κ2) is 24.2. The van der Waals surface area contributed by atoms with Crippen molar-refractivity contribution < 1.29 is 40.5 Å². The van der Waals surface area contributed by atoms with Gasteiger partial charge in [-0.2, -0.15) is 0 Å². The van der Waals surface area contributed by atoms with Crippen LogP contribution in [0.4, 0.5) is 0 Å². The number of phenols is 4. The highest BCUT2D eigenvalue weighted by molar-refractivity contribution is 5.38. The summed E-state index contributed by atoms with van der Waals surface area (Å²) >= 11 is 0. The van der Waals surface area contributed by atoms with Crippen LogP contribution in [-0.4, -0.2) is 74.6 Å². The van der Waals surface area contributed by atoms with Crippen LogP contribution in [0.15, 0.2) is 91.0 Å². The van der Waals surface area contributed by atoms with E-state index >= 15 is 0 Å². The number of benzene rings is 4. The number of rotatable bonds is 22. The predicted octanol–water partition coefficient (Wildman–Crippen LogP) is 6.17. The van der Waals surface area contributed by atoms with Gasteiger partial charge < -0.3 is 51.1 Å². The van der Waals surface area contributed by atoms with E-state index in [0.717, 1.165) is 70.3 Å². The first-order valence-corrected chi connectivity index (χ1v) is 18.3. The summed E-state index contributed by atoms with van der Waals surface area (Å²) in [7, 11) is 0. The zero-order valence-electron chi connectivity index (χ0n) is 30.3. The first kappa shape index (κ1) is 42.3. The molecule has 284 valence electrons. The molecule has 0 aliphatic heterocycles. The van der Waals surface area contributed by atoms with E-state index in [1.54, 1.807) is 24.3 Å². The molecule has 0 heterocycles. The average Bonchev–Trinajstić information content (AvgIpc) is 3.14. The normalized spacial score (nSPS) is 12.8. The molecule has 0 aromatic heterocycles. The number of hydrogen-bond donors (Lipinski definition) is 9. The number of phenolic OH excluding ortho intramolecular Hbond substituents is 3. The molecule has 10 nitrogen and oxygen atoms in total. The molecular weight excluding hydrogens is 660 g/mol. The van der Waals surface area contributed by atoms with E-state index in [0.29, 0.717) is 29.8 Å². The first-order chi connectivity index (χ1) is 25.1. The average molecular weight is 719 g/mol. The number of aryl methyl sites for hydroxylation is 1. The Morgan fingerprint density at radius 2 is 1.27 bits per heavy atom. The van der Waals surface area contributed by atoms with Crippen LogP contribution >= 0.6 is 0 Å². The molecule has 4 aromatic carbocycles. The zero-order valence-corrected chi connectivity index (χ0v) is 30.3. The van der Waals surface area contributed by atoms with Crippen LogP contribution in [0.25, 0.3) is 0 Å². The van der Waals surface area contributed by atoms with Gasteiger partial charge in [-0.25, -0.2) is 0 Å². The van der Waals surface area contributed by atoms with E-state index in [1.807, 2.05) is 19.1 Å². The molecule has 0 aliphatic carbocycles. The molecule has 4 aromatic rings. The summed E-state index contributed by atoms with van der Waals surface area (Å²) in [5, 5.41) is 73.7. The summed E-state index contributed by atoms with van der Waals surface area (Å²) in [5.41, 5.74) is 4.08. The van der Waals surface area contributed by atoms with E-state index in [4.69, 9.17) is 4.74 Å². The Kier molecular flexibility index (Phi) is 19.6. The van der Waals surface area contributed by atoms with Crippen molar-refractivity contribution >= 4 is 0 Å². The van der Waals surface area contributed by atoms with Crippen LogP contribution in [0.2, 0.25) is 0 Å². The van der Waals surface area contributed by atoms with Gasteiger partial charge >= 0.3 is 0 Å². The predicted molar refractivity (Wildman–Crippen MR) is 205 cm³/mol. The van der Waals surface area contributed by atoms with Gasteiger partial charge in [0.1, 0.15) is 23.0 Å². The van der Waals surface area contributed by atoms with Gasteiger partial charge in [-0.1, -0.05) is 61.4 Å². The smallest absolute Gasteiger partial charge is 0.121 e. The lowest BCUT2D eigenvalue weighted by Crippen LogP contribution is -2.32. The van der Waals surface area contributed by atoms with Crippen LogP contribution in [0.1, 0.15) is 85.5 Å². The second-order valence-corrected chi connectivity index (χ2v) is 13.2. The fraction of sp³-hybridized carbons (Fsp3) is 0.429. The molecule has 0 amide bonds. The van der Waals surface area contributed by atoms with Crippen LogP contribution in [0, 0.1) is 0 Å². The molecule has 0 bridgehead atoms. The second-order valence-electron chi connectivity index (χ2n) is 13.2. The monoisotopic (exact) mass is 718 g/mol. The van der Waals surface area contributed by atoms with Crippen LogP contribution in [0.3, 0.4) is 0 Å². The molecule has 0 saturated carbocycles. The summed E-state index contributed by atoms with van der Waals surface area (Å²) in [6.45, 7) is 5.08. The fourth-order valence-electron chi connectivity index (χ4n) is 5.68. The Bertz CT molecular complexity index is 1520. The quantitative estimate of drug-likeness (QED) is 0.0428. The van der Waals surface area contributed by atoms with Gasteiger partial charge in [0.05, 0.1) is 18.8 Å². The van der Waals surface area contributed by atoms with Crippen LogP contribution in [-0.2, 0) is 24.2 Å². The zero-order chi connectivity index (χ0) is 37.6. The number of nitrogens with one attached hydrogen (secondary N) is 2. The summed E-state index contributed by atoms with van der Waals surface area (Å²) in [4.78, 5) is 0. The molecular formula is C42H58N2O8. The number of ether oxygens (including phenoxy) is 1. The molecule has 0 fully saturated rings. The lowest BCUT2D eigenvalue weighted by Gasteiger charge is -2.18. The van der Waals surface area contributed by atoms with Crippen molar-refractivity contribution in [2.24, 2.45) is 0 Å². The lowest BCUT2D eigenvalue weighted by atomic mass is 10.1.